The minimum Gasteiger partial charge on any atom is -0.374 e. The molecule has 0 spiro atoms. The van der Waals surface area contributed by atoms with Crippen LogP contribution in [0, 0.1) is 11.6 Å². The van der Waals surface area contributed by atoms with Gasteiger partial charge < -0.3 is 15.4 Å². The number of ether oxygens (including phenoxy) is 1. The lowest BCUT2D eigenvalue weighted by Crippen LogP contribution is -2.48. The molecule has 0 radical (unpaired) electrons. The van der Waals surface area contributed by atoms with Crippen LogP contribution in [-0.2, 0) is 9.53 Å². The van der Waals surface area contributed by atoms with Crippen LogP contribution in [-0.4, -0.2) is 56.7 Å². The molecule has 1 saturated heterocycles. The number of nitrogens with zero attached hydrogens (tertiary/aromatic N) is 1. The molecule has 1 aliphatic rings. The number of morpholine rings is 1. The fraction of sp³-hybridized carbons (Fsp3) is 0.500. The molecule has 1 aliphatic heterocycles. The molecule has 2 N–H and O–H groups in total. The van der Waals surface area contributed by atoms with E-state index in [2.05, 4.69) is 10.6 Å². The molecule has 5 nitrogen and oxygen atoms in total. The van der Waals surface area contributed by atoms with Gasteiger partial charge in [-0.25, -0.2) is 8.78 Å². The van der Waals surface area contributed by atoms with Gasteiger partial charge in [0.2, 0.25) is 5.91 Å². The summed E-state index contributed by atoms with van der Waals surface area (Å²) >= 11 is 0. The predicted octanol–water partition coefficient (Wildman–Crippen LogP) is 0.823. The highest BCUT2D eigenvalue weighted by Gasteiger charge is 2.21. The summed E-state index contributed by atoms with van der Waals surface area (Å²) in [4.78, 5) is 13.9. The second kappa shape index (κ2) is 7.44. The maximum atomic E-state index is 13.1. The molecule has 1 aromatic rings. The van der Waals surface area contributed by atoms with Gasteiger partial charge in [0.15, 0.2) is 11.6 Å². The summed E-state index contributed by atoms with van der Waals surface area (Å²) in [6.07, 6.45) is 0.0554. The first-order chi connectivity index (χ1) is 10.1. The SMILES string of the molecule is CNCC1CN(CC(=O)Nc2ccc(F)c(F)c2)CCO1. The first-order valence-electron chi connectivity index (χ1n) is 6.82. The van der Waals surface area contributed by atoms with Crippen LogP contribution in [0.25, 0.3) is 0 Å². The fourth-order valence-corrected chi connectivity index (χ4v) is 2.25. The summed E-state index contributed by atoms with van der Waals surface area (Å²) in [6.45, 7) is 2.83. The van der Waals surface area contributed by atoms with Gasteiger partial charge in [-0.3, -0.25) is 9.69 Å². The molecule has 21 heavy (non-hydrogen) atoms. The van der Waals surface area contributed by atoms with Crippen LogP contribution < -0.4 is 10.6 Å². The lowest BCUT2D eigenvalue weighted by Gasteiger charge is -2.32. The van der Waals surface area contributed by atoms with Crippen molar-refractivity contribution in [3.05, 3.63) is 29.8 Å². The molecule has 7 heteroatoms. The van der Waals surface area contributed by atoms with Gasteiger partial charge >= 0.3 is 0 Å². The molecule has 1 fully saturated rings. The average molecular weight is 299 g/mol. The van der Waals surface area contributed by atoms with E-state index < -0.39 is 11.6 Å². The normalized spacial score (nSPS) is 19.5. The van der Waals surface area contributed by atoms with Crippen LogP contribution in [0.4, 0.5) is 14.5 Å². The average Bonchev–Trinajstić information content (AvgIpc) is 2.43. The molecule has 1 unspecified atom stereocenters. The number of carbonyl (C=O) groups is 1. The predicted molar refractivity (Wildman–Crippen MR) is 75.1 cm³/mol. The number of nitrogens with one attached hydrogen (secondary N) is 2. The summed E-state index contributed by atoms with van der Waals surface area (Å²) in [5.74, 6) is -2.17. The van der Waals surface area contributed by atoms with Crippen LogP contribution in [0.15, 0.2) is 18.2 Å². The Bertz CT molecular complexity index is 497. The molecule has 1 heterocycles. The fourth-order valence-electron chi connectivity index (χ4n) is 2.25. The van der Waals surface area contributed by atoms with E-state index in [1.54, 1.807) is 0 Å². The zero-order valence-corrected chi connectivity index (χ0v) is 11.9. The Labute approximate surface area is 122 Å². The Kier molecular flexibility index (Phi) is 5.60. The van der Waals surface area contributed by atoms with Gasteiger partial charge in [0.25, 0.3) is 0 Å². The zero-order valence-electron chi connectivity index (χ0n) is 11.9. The van der Waals surface area contributed by atoms with Gasteiger partial charge in [0.1, 0.15) is 0 Å². The van der Waals surface area contributed by atoms with Crippen LogP contribution in [0.1, 0.15) is 0 Å². The van der Waals surface area contributed by atoms with Crippen LogP contribution in [0.2, 0.25) is 0 Å². The van der Waals surface area contributed by atoms with Crippen LogP contribution >= 0.6 is 0 Å². The van der Waals surface area contributed by atoms with Crippen molar-refractivity contribution < 1.29 is 18.3 Å². The van der Waals surface area contributed by atoms with E-state index in [0.29, 0.717) is 19.7 Å². The highest BCUT2D eigenvalue weighted by Crippen LogP contribution is 2.13. The topological polar surface area (TPSA) is 53.6 Å². The second-order valence-electron chi connectivity index (χ2n) is 4.96. The minimum atomic E-state index is -0.978. The Morgan fingerprint density at radius 3 is 2.95 bits per heavy atom. The molecular formula is C14H19F2N3O2. The van der Waals surface area contributed by atoms with Crippen molar-refractivity contribution in [1.29, 1.82) is 0 Å². The van der Waals surface area contributed by atoms with Gasteiger partial charge in [-0.1, -0.05) is 0 Å². The van der Waals surface area contributed by atoms with Crippen molar-refractivity contribution in [2.75, 3.05) is 45.2 Å². The number of benzene rings is 1. The molecule has 0 aliphatic carbocycles. The minimum absolute atomic E-state index is 0.0554. The smallest absolute Gasteiger partial charge is 0.238 e. The van der Waals surface area contributed by atoms with Crippen molar-refractivity contribution >= 4 is 11.6 Å². The maximum absolute atomic E-state index is 13.1. The quantitative estimate of drug-likeness (QED) is 0.845. The van der Waals surface area contributed by atoms with Gasteiger partial charge in [-0.2, -0.15) is 0 Å². The van der Waals surface area contributed by atoms with Gasteiger partial charge in [-0.15, -0.1) is 0 Å². The molecule has 0 aromatic heterocycles. The number of amides is 1. The molecule has 1 aromatic carbocycles. The molecule has 0 bridgehead atoms. The van der Waals surface area contributed by atoms with E-state index in [0.717, 1.165) is 18.7 Å². The van der Waals surface area contributed by atoms with Crippen LogP contribution in [0.3, 0.4) is 0 Å². The maximum Gasteiger partial charge on any atom is 0.238 e. The van der Waals surface area contributed by atoms with E-state index in [1.807, 2.05) is 11.9 Å². The van der Waals surface area contributed by atoms with E-state index in [9.17, 15) is 13.6 Å². The van der Waals surface area contributed by atoms with Crippen molar-refractivity contribution in [2.24, 2.45) is 0 Å². The number of halogens is 2. The lowest BCUT2D eigenvalue weighted by molar-refractivity contribution is -0.119. The molecule has 1 atom stereocenters. The molecule has 1 amide bonds. The second-order valence-corrected chi connectivity index (χ2v) is 4.96. The number of carbonyl (C=O) groups excluding carboxylic acids is 1. The zero-order chi connectivity index (χ0) is 15.2. The Hall–Kier alpha value is -1.57. The van der Waals surface area contributed by atoms with E-state index >= 15 is 0 Å². The van der Waals surface area contributed by atoms with Crippen molar-refractivity contribution in [3.63, 3.8) is 0 Å². The summed E-state index contributed by atoms with van der Waals surface area (Å²) in [5, 5.41) is 5.59. The Morgan fingerprint density at radius 2 is 2.24 bits per heavy atom. The number of hydrogen-bond donors (Lipinski definition) is 2. The summed E-state index contributed by atoms with van der Waals surface area (Å²) in [6, 6.07) is 3.29. The number of likely N-dealkylation sites (N-methyl/N-ethyl adjacent to an activating group) is 1. The highest BCUT2D eigenvalue weighted by molar-refractivity contribution is 5.92. The Balaban J connectivity index is 1.84. The molecule has 0 saturated carbocycles. The van der Waals surface area contributed by atoms with Gasteiger partial charge in [0.05, 0.1) is 19.3 Å². The summed E-state index contributed by atoms with van der Waals surface area (Å²) in [7, 11) is 1.85. The third kappa shape index (κ3) is 4.73. The largest absolute Gasteiger partial charge is 0.374 e. The molecular weight excluding hydrogens is 280 g/mol. The van der Waals surface area contributed by atoms with Crippen LogP contribution in [0.5, 0.6) is 0 Å². The van der Waals surface area contributed by atoms with Gasteiger partial charge in [-0.05, 0) is 19.2 Å². The van der Waals surface area contributed by atoms with Crippen molar-refractivity contribution in [3.8, 4) is 0 Å². The highest BCUT2D eigenvalue weighted by atomic mass is 19.2. The third-order valence-electron chi connectivity index (χ3n) is 3.23. The van der Waals surface area contributed by atoms with E-state index in [1.165, 1.54) is 6.07 Å². The van der Waals surface area contributed by atoms with E-state index in [4.69, 9.17) is 4.74 Å². The van der Waals surface area contributed by atoms with E-state index in [-0.39, 0.29) is 24.2 Å². The van der Waals surface area contributed by atoms with Gasteiger partial charge in [0, 0.05) is 31.4 Å². The standard InChI is InChI=1S/C14H19F2N3O2/c1-17-7-11-8-19(4-5-21-11)9-14(20)18-10-2-3-12(15)13(16)6-10/h2-3,6,11,17H,4-5,7-9H2,1H3,(H,18,20). The number of anilines is 1. The number of rotatable bonds is 5. The lowest BCUT2D eigenvalue weighted by atomic mass is 10.2. The first kappa shape index (κ1) is 15.8. The monoisotopic (exact) mass is 299 g/mol. The summed E-state index contributed by atoms with van der Waals surface area (Å²) in [5.41, 5.74) is 0.249. The number of hydrogen-bond acceptors (Lipinski definition) is 4. The Morgan fingerprint density at radius 1 is 1.43 bits per heavy atom. The van der Waals surface area contributed by atoms with Crippen molar-refractivity contribution in [2.45, 2.75) is 6.10 Å². The summed E-state index contributed by atoms with van der Waals surface area (Å²) < 4.78 is 31.4. The molecule has 116 valence electrons. The third-order valence-corrected chi connectivity index (χ3v) is 3.23. The molecule has 2 rings (SSSR count). The first-order valence-corrected chi connectivity index (χ1v) is 6.82. The van der Waals surface area contributed by atoms with Crippen molar-refractivity contribution in [1.82, 2.24) is 10.2 Å².